The molecule has 0 radical (unpaired) electrons. The van der Waals surface area contributed by atoms with Crippen molar-refractivity contribution in [1.29, 1.82) is 0 Å². The molecule has 1 heterocycles. The number of hydrogen-bond donors (Lipinski definition) is 1. The summed E-state index contributed by atoms with van der Waals surface area (Å²) in [6.45, 7) is 1.65. The van der Waals surface area contributed by atoms with Crippen LogP contribution in [-0.4, -0.2) is 26.7 Å². The zero-order valence-corrected chi connectivity index (χ0v) is 17.3. The molecule has 0 bridgehead atoms. The van der Waals surface area contributed by atoms with Gasteiger partial charge < -0.3 is 10.1 Å². The van der Waals surface area contributed by atoms with E-state index >= 15 is 0 Å². The lowest BCUT2D eigenvalue weighted by molar-refractivity contribution is -0.119. The summed E-state index contributed by atoms with van der Waals surface area (Å²) in [5.74, 6) is 0.0813. The highest BCUT2D eigenvalue weighted by Gasteiger charge is 2.17. The van der Waals surface area contributed by atoms with Crippen LogP contribution in [0.2, 0.25) is 0 Å². The first-order valence-electron chi connectivity index (χ1n) is 8.75. The van der Waals surface area contributed by atoms with Gasteiger partial charge in [-0.2, -0.15) is 0 Å². The van der Waals surface area contributed by atoms with Gasteiger partial charge in [0.05, 0.1) is 21.2 Å². The van der Waals surface area contributed by atoms with E-state index in [1.807, 2.05) is 0 Å². The Hall–Kier alpha value is -2.97. The Labute approximate surface area is 173 Å². The van der Waals surface area contributed by atoms with E-state index in [0.29, 0.717) is 17.2 Å². The van der Waals surface area contributed by atoms with Crippen molar-refractivity contribution in [3.8, 4) is 5.75 Å². The number of hydrogen-bond acceptors (Lipinski definition) is 6. The first-order valence-corrected chi connectivity index (χ1v) is 11.1. The van der Waals surface area contributed by atoms with E-state index in [-0.39, 0.29) is 28.1 Å². The Morgan fingerprint density at radius 2 is 1.59 bits per heavy atom. The van der Waals surface area contributed by atoms with Crippen molar-refractivity contribution in [2.24, 2.45) is 0 Å². The van der Waals surface area contributed by atoms with Crippen molar-refractivity contribution in [2.45, 2.75) is 23.3 Å². The molecule has 3 rings (SSSR count). The van der Waals surface area contributed by atoms with Gasteiger partial charge in [-0.25, -0.2) is 8.42 Å². The molecule has 6 nitrogen and oxygen atoms in total. The van der Waals surface area contributed by atoms with Crippen LogP contribution in [0, 0.1) is 0 Å². The Kier molecular flexibility index (Phi) is 6.46. The third-order valence-electron chi connectivity index (χ3n) is 4.01. The minimum Gasteiger partial charge on any atom is -0.485 e. The molecule has 1 aromatic heterocycles. The number of carbonyl (C=O) groups excluding carboxylic acids is 2. The van der Waals surface area contributed by atoms with Gasteiger partial charge in [0.2, 0.25) is 21.5 Å². The van der Waals surface area contributed by atoms with E-state index in [2.05, 4.69) is 5.32 Å². The standard InChI is InChI=1S/C21H19NO5S2/c1-15(23)22-13-17-9-12-21(28-17)20(24)14-27-16-7-10-19(11-8-16)29(25,26)18-5-3-2-4-6-18/h2-12H,13-14H2,1H3,(H,22,23). The fourth-order valence-corrected chi connectivity index (χ4v) is 4.66. The Morgan fingerprint density at radius 3 is 2.24 bits per heavy atom. The highest BCUT2D eigenvalue weighted by atomic mass is 32.2. The number of benzene rings is 2. The predicted molar refractivity (Wildman–Crippen MR) is 110 cm³/mol. The van der Waals surface area contributed by atoms with E-state index in [1.54, 1.807) is 42.5 Å². The number of carbonyl (C=O) groups is 2. The molecular formula is C21H19NO5S2. The quantitative estimate of drug-likeness (QED) is 0.554. The van der Waals surface area contributed by atoms with E-state index in [1.165, 1.54) is 42.5 Å². The van der Waals surface area contributed by atoms with Crippen LogP contribution in [0.5, 0.6) is 5.75 Å². The summed E-state index contributed by atoms with van der Waals surface area (Å²) in [6, 6.07) is 17.6. The number of sulfone groups is 1. The average Bonchev–Trinajstić information content (AvgIpc) is 3.21. The third kappa shape index (κ3) is 5.30. The highest BCUT2D eigenvalue weighted by molar-refractivity contribution is 7.91. The lowest BCUT2D eigenvalue weighted by Gasteiger charge is -2.07. The van der Waals surface area contributed by atoms with Gasteiger partial charge in [0, 0.05) is 11.8 Å². The van der Waals surface area contributed by atoms with Gasteiger partial charge in [0.15, 0.2) is 6.61 Å². The zero-order valence-electron chi connectivity index (χ0n) is 15.6. The van der Waals surface area contributed by atoms with Gasteiger partial charge in [-0.05, 0) is 48.5 Å². The van der Waals surface area contributed by atoms with Crippen molar-refractivity contribution < 1.29 is 22.7 Å². The number of ether oxygens (including phenoxy) is 1. The van der Waals surface area contributed by atoms with Gasteiger partial charge >= 0.3 is 0 Å². The molecule has 2 aromatic carbocycles. The number of Topliss-reactive ketones (excluding diaryl/α,β-unsaturated/α-hetero) is 1. The lowest BCUT2D eigenvalue weighted by Crippen LogP contribution is -2.18. The first-order chi connectivity index (χ1) is 13.9. The maximum Gasteiger partial charge on any atom is 0.217 e. The summed E-state index contributed by atoms with van der Waals surface area (Å²) in [6.07, 6.45) is 0. The molecular weight excluding hydrogens is 410 g/mol. The average molecular weight is 430 g/mol. The van der Waals surface area contributed by atoms with Crippen LogP contribution in [0.15, 0.2) is 76.5 Å². The van der Waals surface area contributed by atoms with Crippen molar-refractivity contribution in [3.63, 3.8) is 0 Å². The molecule has 0 aliphatic heterocycles. The molecule has 29 heavy (non-hydrogen) atoms. The van der Waals surface area contributed by atoms with E-state index in [4.69, 9.17) is 4.74 Å². The number of thiophene rings is 1. The van der Waals surface area contributed by atoms with Gasteiger partial charge in [0.25, 0.3) is 0 Å². The van der Waals surface area contributed by atoms with Crippen molar-refractivity contribution in [1.82, 2.24) is 5.32 Å². The Balaban J connectivity index is 1.60. The second-order valence-electron chi connectivity index (χ2n) is 6.18. The van der Waals surface area contributed by atoms with Gasteiger partial charge in [-0.3, -0.25) is 9.59 Å². The molecule has 8 heteroatoms. The largest absolute Gasteiger partial charge is 0.485 e. The third-order valence-corrected chi connectivity index (χ3v) is 6.92. The summed E-state index contributed by atoms with van der Waals surface area (Å²) in [5, 5.41) is 2.68. The normalized spacial score (nSPS) is 11.1. The summed E-state index contributed by atoms with van der Waals surface area (Å²) in [5.41, 5.74) is 0. The summed E-state index contributed by atoms with van der Waals surface area (Å²) in [7, 11) is -3.59. The molecule has 1 amide bonds. The maximum absolute atomic E-state index is 12.6. The Bertz CT molecular complexity index is 1100. The molecule has 150 valence electrons. The van der Waals surface area contributed by atoms with Crippen molar-refractivity contribution in [3.05, 3.63) is 76.5 Å². The summed E-state index contributed by atoms with van der Waals surface area (Å²) in [4.78, 5) is 25.0. The SMILES string of the molecule is CC(=O)NCc1ccc(C(=O)COc2ccc(S(=O)(=O)c3ccccc3)cc2)s1. The van der Waals surface area contributed by atoms with Crippen LogP contribution in [0.1, 0.15) is 21.5 Å². The summed E-state index contributed by atoms with van der Waals surface area (Å²) >= 11 is 1.30. The monoisotopic (exact) mass is 429 g/mol. The van der Waals surface area contributed by atoms with Crippen LogP contribution in [0.4, 0.5) is 0 Å². The van der Waals surface area contributed by atoms with Crippen LogP contribution < -0.4 is 10.1 Å². The molecule has 0 saturated carbocycles. The smallest absolute Gasteiger partial charge is 0.217 e. The fourth-order valence-electron chi connectivity index (χ4n) is 2.51. The van der Waals surface area contributed by atoms with Crippen LogP contribution >= 0.6 is 11.3 Å². The molecule has 0 saturated heterocycles. The molecule has 0 fully saturated rings. The van der Waals surface area contributed by atoms with E-state index < -0.39 is 9.84 Å². The molecule has 0 spiro atoms. The fraction of sp³-hybridized carbons (Fsp3) is 0.143. The van der Waals surface area contributed by atoms with E-state index in [9.17, 15) is 18.0 Å². The number of rotatable bonds is 8. The summed E-state index contributed by atoms with van der Waals surface area (Å²) < 4.78 is 30.6. The minimum atomic E-state index is -3.59. The molecule has 3 aromatic rings. The van der Waals surface area contributed by atoms with Gasteiger partial charge in [-0.15, -0.1) is 11.3 Å². The molecule has 0 unspecified atom stereocenters. The number of ketones is 1. The van der Waals surface area contributed by atoms with Crippen LogP contribution in [0.3, 0.4) is 0 Å². The maximum atomic E-state index is 12.6. The molecule has 1 N–H and O–H groups in total. The topological polar surface area (TPSA) is 89.5 Å². The second-order valence-corrected chi connectivity index (χ2v) is 9.29. The van der Waals surface area contributed by atoms with E-state index in [0.717, 1.165) is 4.88 Å². The minimum absolute atomic E-state index is 0.132. The predicted octanol–water partition coefficient (Wildman–Crippen LogP) is 3.48. The second kappa shape index (κ2) is 9.02. The molecule has 0 atom stereocenters. The number of nitrogens with one attached hydrogen (secondary N) is 1. The van der Waals surface area contributed by atoms with Crippen molar-refractivity contribution >= 4 is 32.9 Å². The molecule has 0 aliphatic carbocycles. The van der Waals surface area contributed by atoms with Gasteiger partial charge in [0.1, 0.15) is 5.75 Å². The zero-order chi connectivity index (χ0) is 20.9. The Morgan fingerprint density at radius 1 is 0.931 bits per heavy atom. The highest BCUT2D eigenvalue weighted by Crippen LogP contribution is 2.23. The van der Waals surface area contributed by atoms with Crippen molar-refractivity contribution in [2.75, 3.05) is 6.61 Å². The number of amides is 1. The lowest BCUT2D eigenvalue weighted by atomic mass is 10.3. The first kappa shape index (κ1) is 20.8. The van der Waals surface area contributed by atoms with Crippen LogP contribution in [-0.2, 0) is 21.2 Å². The molecule has 0 aliphatic rings. The van der Waals surface area contributed by atoms with Gasteiger partial charge in [-0.1, -0.05) is 18.2 Å². The van der Waals surface area contributed by atoms with Crippen LogP contribution in [0.25, 0.3) is 0 Å².